The Hall–Kier alpha value is -0.650. The normalized spacial score (nSPS) is 24.5. The quantitative estimate of drug-likeness (QED) is 0.780. The first-order chi connectivity index (χ1) is 9.70. The number of rotatable bonds is 5. The molecule has 2 aliphatic rings. The summed E-state index contributed by atoms with van der Waals surface area (Å²) in [4.78, 5) is 15.0. The number of hydrogen-bond donors (Lipinski definition) is 2. The molecule has 20 heavy (non-hydrogen) atoms. The molecule has 2 fully saturated rings. The lowest BCUT2D eigenvalue weighted by molar-refractivity contribution is -0.137. The van der Waals surface area contributed by atoms with Crippen molar-refractivity contribution in [3.8, 4) is 0 Å². The Balaban J connectivity index is 1.82. The smallest absolute Gasteiger partial charge is 0.227 e. The fourth-order valence-electron chi connectivity index (χ4n) is 3.24. The Labute approximate surface area is 122 Å². The van der Waals surface area contributed by atoms with E-state index in [1.165, 1.54) is 13.0 Å². The zero-order chi connectivity index (χ0) is 14.4. The van der Waals surface area contributed by atoms with Crippen LogP contribution in [0.5, 0.6) is 0 Å². The molecule has 0 spiro atoms. The topological polar surface area (TPSA) is 67.6 Å². The molecule has 0 saturated carbocycles. The average Bonchev–Trinajstić information content (AvgIpc) is 2.50. The minimum atomic E-state index is -0.390. The second kappa shape index (κ2) is 7.38. The third kappa shape index (κ3) is 3.71. The molecule has 0 aliphatic carbocycles. The maximum Gasteiger partial charge on any atom is 0.227 e. The highest BCUT2D eigenvalue weighted by molar-refractivity contribution is 5.83. The maximum atomic E-state index is 12.6. The van der Waals surface area contributed by atoms with Gasteiger partial charge in [-0.15, -0.1) is 0 Å². The van der Waals surface area contributed by atoms with Crippen LogP contribution in [-0.4, -0.2) is 56.2 Å². The summed E-state index contributed by atoms with van der Waals surface area (Å²) in [5, 5.41) is 3.24. The van der Waals surface area contributed by atoms with Crippen molar-refractivity contribution in [3.05, 3.63) is 0 Å². The summed E-state index contributed by atoms with van der Waals surface area (Å²) >= 11 is 0. The van der Waals surface area contributed by atoms with Gasteiger partial charge in [0.1, 0.15) is 0 Å². The van der Waals surface area contributed by atoms with Crippen molar-refractivity contribution in [2.75, 3.05) is 39.4 Å². The van der Waals surface area contributed by atoms with Crippen LogP contribution in [0.1, 0.15) is 39.0 Å². The molecule has 116 valence electrons. The number of likely N-dealkylation sites (tertiary alicyclic amines) is 1. The number of nitrogens with one attached hydrogen (secondary N) is 1. The molecule has 0 aromatic heterocycles. The predicted molar refractivity (Wildman–Crippen MR) is 79.4 cm³/mol. The number of carbonyl (C=O) groups is 1. The van der Waals surface area contributed by atoms with Gasteiger partial charge < -0.3 is 20.7 Å². The van der Waals surface area contributed by atoms with Crippen LogP contribution < -0.4 is 11.1 Å². The van der Waals surface area contributed by atoms with Crippen LogP contribution in [-0.2, 0) is 9.53 Å². The molecule has 0 unspecified atom stereocenters. The van der Waals surface area contributed by atoms with E-state index in [4.69, 9.17) is 10.5 Å². The summed E-state index contributed by atoms with van der Waals surface area (Å²) in [7, 11) is 0. The molecule has 1 amide bonds. The molecular formula is C15H29N3O2. The third-order valence-corrected chi connectivity index (χ3v) is 4.78. The van der Waals surface area contributed by atoms with Crippen molar-refractivity contribution in [2.45, 2.75) is 45.1 Å². The highest BCUT2D eigenvalue weighted by atomic mass is 16.5. The number of amides is 1. The summed E-state index contributed by atoms with van der Waals surface area (Å²) in [6.45, 7) is 7.31. The van der Waals surface area contributed by atoms with Gasteiger partial charge in [0.2, 0.25) is 5.91 Å². The first kappa shape index (κ1) is 15.7. The molecule has 2 heterocycles. The fraction of sp³-hybridized carbons (Fsp3) is 0.933. The van der Waals surface area contributed by atoms with Crippen LogP contribution in [0.25, 0.3) is 0 Å². The lowest BCUT2D eigenvalue weighted by Gasteiger charge is -2.38. The Kier molecular flexibility index (Phi) is 5.81. The number of piperidine rings is 1. The molecular weight excluding hydrogens is 254 g/mol. The van der Waals surface area contributed by atoms with Crippen molar-refractivity contribution in [3.63, 3.8) is 0 Å². The van der Waals surface area contributed by atoms with Gasteiger partial charge in [-0.3, -0.25) is 4.79 Å². The molecule has 5 heteroatoms. The lowest BCUT2D eigenvalue weighted by Crippen LogP contribution is -2.53. The van der Waals surface area contributed by atoms with Crippen LogP contribution in [0.15, 0.2) is 0 Å². The zero-order valence-electron chi connectivity index (χ0n) is 12.7. The van der Waals surface area contributed by atoms with E-state index >= 15 is 0 Å². The minimum Gasteiger partial charge on any atom is -0.381 e. The van der Waals surface area contributed by atoms with E-state index in [1.807, 2.05) is 0 Å². The molecule has 3 N–H and O–H groups in total. The van der Waals surface area contributed by atoms with Crippen molar-refractivity contribution in [1.29, 1.82) is 0 Å². The van der Waals surface area contributed by atoms with Crippen LogP contribution in [0, 0.1) is 5.41 Å². The fourth-order valence-corrected chi connectivity index (χ4v) is 3.24. The van der Waals surface area contributed by atoms with E-state index in [0.717, 1.165) is 38.8 Å². The molecule has 0 aromatic rings. The van der Waals surface area contributed by atoms with Crippen LogP contribution in [0.2, 0.25) is 0 Å². The Morgan fingerprint density at radius 1 is 1.35 bits per heavy atom. The molecule has 0 aromatic carbocycles. The number of carbonyl (C=O) groups excluding carboxylic acids is 1. The van der Waals surface area contributed by atoms with Crippen LogP contribution in [0.4, 0.5) is 0 Å². The predicted octanol–water partition coefficient (Wildman–Crippen LogP) is 0.733. The Bertz CT molecular complexity index is 308. The van der Waals surface area contributed by atoms with Crippen molar-refractivity contribution in [1.82, 2.24) is 10.2 Å². The SMILES string of the molecule is CCCN1CCC(NC(=O)C2(CN)CCOCC2)CC1. The van der Waals surface area contributed by atoms with Gasteiger partial charge in [-0.2, -0.15) is 0 Å². The second-order valence-electron chi connectivity index (χ2n) is 6.19. The Morgan fingerprint density at radius 2 is 2.00 bits per heavy atom. The molecule has 0 bridgehead atoms. The van der Waals surface area contributed by atoms with E-state index in [2.05, 4.69) is 17.1 Å². The molecule has 2 saturated heterocycles. The third-order valence-electron chi connectivity index (χ3n) is 4.78. The van der Waals surface area contributed by atoms with Crippen LogP contribution >= 0.6 is 0 Å². The summed E-state index contributed by atoms with van der Waals surface area (Å²) in [5.74, 6) is 0.150. The van der Waals surface area contributed by atoms with E-state index in [-0.39, 0.29) is 5.91 Å². The van der Waals surface area contributed by atoms with Gasteiger partial charge in [-0.05, 0) is 38.6 Å². The monoisotopic (exact) mass is 283 g/mol. The summed E-state index contributed by atoms with van der Waals surface area (Å²) < 4.78 is 5.37. The first-order valence-electron chi connectivity index (χ1n) is 8.01. The summed E-state index contributed by atoms with van der Waals surface area (Å²) in [5.41, 5.74) is 5.49. The standard InChI is InChI=1S/C15H29N3O2/c1-2-7-18-8-3-13(4-9-18)17-14(19)15(12-16)5-10-20-11-6-15/h13H,2-12,16H2,1H3,(H,17,19). The van der Waals surface area contributed by atoms with E-state index < -0.39 is 5.41 Å². The first-order valence-corrected chi connectivity index (χ1v) is 8.01. The molecule has 0 atom stereocenters. The van der Waals surface area contributed by atoms with Crippen LogP contribution in [0.3, 0.4) is 0 Å². The minimum absolute atomic E-state index is 0.150. The van der Waals surface area contributed by atoms with E-state index in [1.54, 1.807) is 0 Å². The summed E-state index contributed by atoms with van der Waals surface area (Å²) in [6.07, 6.45) is 4.83. The van der Waals surface area contributed by atoms with Gasteiger partial charge in [0, 0.05) is 38.9 Å². The van der Waals surface area contributed by atoms with Gasteiger partial charge in [0.15, 0.2) is 0 Å². The van der Waals surface area contributed by atoms with Gasteiger partial charge in [-0.1, -0.05) is 6.92 Å². The average molecular weight is 283 g/mol. The van der Waals surface area contributed by atoms with Gasteiger partial charge in [0.25, 0.3) is 0 Å². The Morgan fingerprint density at radius 3 is 2.55 bits per heavy atom. The second-order valence-corrected chi connectivity index (χ2v) is 6.19. The van der Waals surface area contributed by atoms with Gasteiger partial charge in [0.05, 0.1) is 5.41 Å². The molecule has 0 radical (unpaired) electrons. The summed E-state index contributed by atoms with van der Waals surface area (Å²) in [6, 6.07) is 0.321. The molecule has 2 aliphatic heterocycles. The van der Waals surface area contributed by atoms with Crippen molar-refractivity contribution < 1.29 is 9.53 Å². The lowest BCUT2D eigenvalue weighted by atomic mass is 9.79. The van der Waals surface area contributed by atoms with E-state index in [0.29, 0.717) is 25.8 Å². The molecule has 5 nitrogen and oxygen atoms in total. The highest BCUT2D eigenvalue weighted by Crippen LogP contribution is 2.30. The van der Waals surface area contributed by atoms with Gasteiger partial charge >= 0.3 is 0 Å². The number of ether oxygens (including phenoxy) is 1. The number of nitrogens with two attached hydrogens (primary N) is 1. The zero-order valence-corrected chi connectivity index (χ0v) is 12.7. The molecule has 2 rings (SSSR count). The largest absolute Gasteiger partial charge is 0.381 e. The van der Waals surface area contributed by atoms with Gasteiger partial charge in [-0.25, -0.2) is 0 Å². The number of nitrogens with zero attached hydrogens (tertiary/aromatic N) is 1. The van der Waals surface area contributed by atoms with Crippen molar-refractivity contribution in [2.24, 2.45) is 11.1 Å². The van der Waals surface area contributed by atoms with E-state index in [9.17, 15) is 4.79 Å². The highest BCUT2D eigenvalue weighted by Gasteiger charge is 2.39. The van der Waals surface area contributed by atoms with Crippen molar-refractivity contribution >= 4 is 5.91 Å². The number of hydrogen-bond acceptors (Lipinski definition) is 4. The maximum absolute atomic E-state index is 12.6.